The average molecular weight is 392 g/mol. The van der Waals surface area contributed by atoms with Crippen molar-refractivity contribution in [3.8, 4) is 5.69 Å². The van der Waals surface area contributed by atoms with Gasteiger partial charge in [0.15, 0.2) is 11.2 Å². The number of hydrogen-bond acceptors (Lipinski definition) is 6. The molecule has 0 spiro atoms. The summed E-state index contributed by atoms with van der Waals surface area (Å²) in [5, 5.41) is 0. The van der Waals surface area contributed by atoms with Gasteiger partial charge in [-0.25, -0.2) is 14.3 Å². The maximum absolute atomic E-state index is 12.6. The van der Waals surface area contributed by atoms with E-state index in [4.69, 9.17) is 4.42 Å². The molecular formula is C20H20N6O3. The van der Waals surface area contributed by atoms with Gasteiger partial charge < -0.3 is 8.98 Å². The monoisotopic (exact) mass is 392 g/mol. The summed E-state index contributed by atoms with van der Waals surface area (Å²) in [5.74, 6) is 0. The lowest BCUT2D eigenvalue weighted by Crippen LogP contribution is -2.35. The maximum atomic E-state index is 12.6. The quantitative estimate of drug-likeness (QED) is 0.567. The Kier molecular flexibility index (Phi) is 4.36. The number of likely N-dealkylation sites (tertiary alicyclic amines) is 1. The number of nitrogens with zero attached hydrogens (tertiary/aromatic N) is 5. The number of fused-ring (bicyclic) bond motifs is 1. The molecule has 4 aromatic rings. The molecule has 5 heterocycles. The van der Waals surface area contributed by atoms with Crippen molar-refractivity contribution in [1.29, 1.82) is 0 Å². The van der Waals surface area contributed by atoms with Crippen LogP contribution in [0.15, 0.2) is 63.5 Å². The molecular weight excluding hydrogens is 372 g/mol. The summed E-state index contributed by atoms with van der Waals surface area (Å²) in [6.45, 7) is 2.68. The number of hydrogen-bond donors (Lipinski definition) is 1. The summed E-state index contributed by atoms with van der Waals surface area (Å²) in [6, 6.07) is 5.68. The number of rotatable bonds is 4. The molecule has 0 atom stereocenters. The molecule has 1 aliphatic heterocycles. The molecule has 0 amide bonds. The highest BCUT2D eigenvalue weighted by molar-refractivity contribution is 5.72. The van der Waals surface area contributed by atoms with E-state index in [0.29, 0.717) is 11.3 Å². The Balaban J connectivity index is 1.50. The summed E-state index contributed by atoms with van der Waals surface area (Å²) < 4.78 is 8.60. The number of furan rings is 1. The molecule has 0 saturated carbocycles. The van der Waals surface area contributed by atoms with E-state index in [1.54, 1.807) is 43.4 Å². The first-order chi connectivity index (χ1) is 14.2. The van der Waals surface area contributed by atoms with Gasteiger partial charge in [0.2, 0.25) is 0 Å². The van der Waals surface area contributed by atoms with Crippen LogP contribution in [0.3, 0.4) is 0 Å². The lowest BCUT2D eigenvalue weighted by Gasteiger charge is -2.32. The van der Waals surface area contributed by atoms with E-state index in [0.717, 1.165) is 38.0 Å². The smallest absolute Gasteiger partial charge is 0.334 e. The molecule has 29 heavy (non-hydrogen) atoms. The Morgan fingerprint density at radius 3 is 2.79 bits per heavy atom. The van der Waals surface area contributed by atoms with Crippen LogP contribution in [0.5, 0.6) is 0 Å². The van der Waals surface area contributed by atoms with Crippen molar-refractivity contribution in [2.75, 3.05) is 13.1 Å². The number of piperidine rings is 1. The molecule has 0 bridgehead atoms. The van der Waals surface area contributed by atoms with E-state index >= 15 is 0 Å². The van der Waals surface area contributed by atoms with Crippen LogP contribution in [-0.2, 0) is 6.54 Å². The Morgan fingerprint density at radius 2 is 2.07 bits per heavy atom. The van der Waals surface area contributed by atoms with Crippen molar-refractivity contribution in [3.05, 3.63) is 75.8 Å². The molecule has 1 N–H and O–H groups in total. The van der Waals surface area contributed by atoms with Crippen LogP contribution >= 0.6 is 0 Å². The standard InChI is InChI=1S/C20H20N6O3/c27-18-17-19(26(20(28)23-18)16-2-1-6-21-10-16)25(13-22-17)15-3-7-24(8-4-15)11-14-5-9-29-12-14/h1-2,5-6,9-10,12-13,15H,3-4,7-8,11H2,(H,23,27,28). The molecule has 1 aliphatic rings. The molecule has 148 valence electrons. The summed E-state index contributed by atoms with van der Waals surface area (Å²) in [4.78, 5) is 38.1. The highest BCUT2D eigenvalue weighted by Gasteiger charge is 2.25. The number of nitrogens with one attached hydrogen (secondary N) is 1. The molecule has 4 aromatic heterocycles. The Labute approximate surface area is 165 Å². The molecule has 1 saturated heterocycles. The summed E-state index contributed by atoms with van der Waals surface area (Å²) in [7, 11) is 0. The van der Waals surface area contributed by atoms with Gasteiger partial charge in [-0.1, -0.05) is 0 Å². The van der Waals surface area contributed by atoms with Crippen molar-refractivity contribution in [3.63, 3.8) is 0 Å². The van der Waals surface area contributed by atoms with Crippen molar-refractivity contribution in [1.82, 2.24) is 29.0 Å². The largest absolute Gasteiger partial charge is 0.472 e. The Bertz CT molecular complexity index is 1230. The normalized spacial score (nSPS) is 15.9. The van der Waals surface area contributed by atoms with Gasteiger partial charge in [-0.3, -0.25) is 19.7 Å². The Morgan fingerprint density at radius 1 is 1.21 bits per heavy atom. The number of pyridine rings is 1. The van der Waals surface area contributed by atoms with Gasteiger partial charge in [0.25, 0.3) is 5.56 Å². The third-order valence-electron chi connectivity index (χ3n) is 5.46. The zero-order chi connectivity index (χ0) is 19.8. The van der Waals surface area contributed by atoms with Crippen molar-refractivity contribution < 1.29 is 4.42 Å². The summed E-state index contributed by atoms with van der Waals surface area (Å²) in [5.41, 5.74) is 1.57. The Hall–Kier alpha value is -3.46. The van der Waals surface area contributed by atoms with Gasteiger partial charge in [-0.05, 0) is 31.0 Å². The van der Waals surface area contributed by atoms with E-state index in [2.05, 4.69) is 19.9 Å². The molecule has 0 unspecified atom stereocenters. The first-order valence-electron chi connectivity index (χ1n) is 9.56. The first-order valence-corrected chi connectivity index (χ1v) is 9.56. The fraction of sp³-hybridized carbons (Fsp3) is 0.300. The fourth-order valence-corrected chi connectivity index (χ4v) is 4.03. The lowest BCUT2D eigenvalue weighted by atomic mass is 10.0. The zero-order valence-electron chi connectivity index (χ0n) is 15.7. The van der Waals surface area contributed by atoms with Gasteiger partial charge in [-0.15, -0.1) is 0 Å². The molecule has 9 nitrogen and oxygen atoms in total. The van der Waals surface area contributed by atoms with Crippen molar-refractivity contribution >= 4 is 11.2 Å². The number of aromatic nitrogens is 5. The van der Waals surface area contributed by atoms with Crippen LogP contribution in [0.2, 0.25) is 0 Å². The third-order valence-corrected chi connectivity index (χ3v) is 5.46. The van der Waals surface area contributed by atoms with Crippen LogP contribution in [0.1, 0.15) is 24.4 Å². The van der Waals surface area contributed by atoms with Crippen LogP contribution in [0.25, 0.3) is 16.9 Å². The lowest BCUT2D eigenvalue weighted by molar-refractivity contribution is 0.180. The number of aromatic amines is 1. The van der Waals surface area contributed by atoms with Gasteiger partial charge in [0, 0.05) is 37.4 Å². The summed E-state index contributed by atoms with van der Waals surface area (Å²) >= 11 is 0. The highest BCUT2D eigenvalue weighted by atomic mass is 16.3. The maximum Gasteiger partial charge on any atom is 0.334 e. The van der Waals surface area contributed by atoms with Gasteiger partial charge in [0.05, 0.1) is 30.7 Å². The number of imidazole rings is 1. The van der Waals surface area contributed by atoms with E-state index in [-0.39, 0.29) is 11.6 Å². The second kappa shape index (κ2) is 7.17. The van der Waals surface area contributed by atoms with Crippen LogP contribution in [0, 0.1) is 0 Å². The predicted octanol–water partition coefficient (Wildman–Crippen LogP) is 1.70. The van der Waals surface area contributed by atoms with Gasteiger partial charge in [0.1, 0.15) is 0 Å². The van der Waals surface area contributed by atoms with Crippen LogP contribution in [-0.4, -0.2) is 42.1 Å². The zero-order valence-corrected chi connectivity index (χ0v) is 15.7. The fourth-order valence-electron chi connectivity index (χ4n) is 4.03. The van der Waals surface area contributed by atoms with E-state index < -0.39 is 11.2 Å². The summed E-state index contributed by atoms with van der Waals surface area (Å²) in [6.07, 6.45) is 10.2. The highest BCUT2D eigenvalue weighted by Crippen LogP contribution is 2.27. The SMILES string of the molecule is O=c1[nH]c(=O)n(-c2cccnc2)c2c1ncn2C1CCN(Cc2ccoc2)CC1. The second-order valence-electron chi connectivity index (χ2n) is 7.27. The van der Waals surface area contributed by atoms with Crippen LogP contribution in [0.4, 0.5) is 0 Å². The minimum atomic E-state index is -0.491. The molecule has 0 aliphatic carbocycles. The topological polar surface area (TPSA) is 102 Å². The van der Waals surface area contributed by atoms with Crippen LogP contribution < -0.4 is 11.2 Å². The predicted molar refractivity (Wildman–Crippen MR) is 106 cm³/mol. The van der Waals surface area contributed by atoms with Crippen molar-refractivity contribution in [2.24, 2.45) is 0 Å². The molecule has 0 radical (unpaired) electrons. The number of H-pyrrole nitrogens is 1. The minimum Gasteiger partial charge on any atom is -0.472 e. The van der Waals surface area contributed by atoms with Crippen molar-refractivity contribution in [2.45, 2.75) is 25.4 Å². The molecule has 9 heteroatoms. The molecule has 5 rings (SSSR count). The second-order valence-corrected chi connectivity index (χ2v) is 7.27. The first kappa shape index (κ1) is 17.6. The van der Waals surface area contributed by atoms with E-state index in [1.807, 2.05) is 10.6 Å². The van der Waals surface area contributed by atoms with E-state index in [1.165, 1.54) is 4.57 Å². The van der Waals surface area contributed by atoms with Gasteiger partial charge in [-0.2, -0.15) is 0 Å². The van der Waals surface area contributed by atoms with E-state index in [9.17, 15) is 9.59 Å². The van der Waals surface area contributed by atoms with Gasteiger partial charge >= 0.3 is 5.69 Å². The average Bonchev–Trinajstić information content (AvgIpc) is 3.40. The molecule has 1 fully saturated rings. The third kappa shape index (κ3) is 3.19. The molecule has 0 aromatic carbocycles. The minimum absolute atomic E-state index is 0.157.